The van der Waals surface area contributed by atoms with Crippen molar-refractivity contribution in [1.29, 1.82) is 0 Å². The van der Waals surface area contributed by atoms with Crippen molar-refractivity contribution in [2.45, 2.75) is 45.4 Å². The quantitative estimate of drug-likeness (QED) is 0.601. The summed E-state index contributed by atoms with van der Waals surface area (Å²) in [4.78, 5) is 0. The summed E-state index contributed by atoms with van der Waals surface area (Å²) in [6.45, 7) is 9.34. The molecule has 2 aromatic carbocycles. The van der Waals surface area contributed by atoms with E-state index in [0.29, 0.717) is 22.3 Å². The molecule has 98 valence electrons. The summed E-state index contributed by atoms with van der Waals surface area (Å²) in [6.07, 6.45) is 0. The van der Waals surface area contributed by atoms with Crippen LogP contribution in [0, 0.1) is 0 Å². The molecule has 0 radical (unpaired) electrons. The Morgan fingerprint density at radius 2 is 1.53 bits per heavy atom. The molecule has 1 aliphatic rings. The lowest BCUT2D eigenvalue weighted by atomic mass is 9.79. The van der Waals surface area contributed by atoms with Crippen molar-refractivity contribution < 1.29 is 9.60 Å². The molecular formula is C19H22. The average Bonchev–Trinajstić information content (AvgIpc) is 2.75. The predicted molar refractivity (Wildman–Crippen MR) is 82.7 cm³/mol. The number of hydrogen-bond acceptors (Lipinski definition) is 0. The Morgan fingerprint density at radius 3 is 2.21 bits per heavy atom. The summed E-state index contributed by atoms with van der Waals surface area (Å²) in [5, 5.41) is 0. The number of hydrogen-bond donors (Lipinski definition) is 0. The number of benzene rings is 2. The van der Waals surface area contributed by atoms with E-state index in [2.05, 4.69) is 0 Å². The molecule has 0 nitrogen and oxygen atoms in total. The second-order valence-corrected chi connectivity index (χ2v) is 6.62. The third kappa shape index (κ3) is 1.74. The van der Waals surface area contributed by atoms with Gasteiger partial charge in [-0.1, -0.05) is 76.9 Å². The fraction of sp³-hybridized carbons (Fsp3) is 0.368. The first kappa shape index (κ1) is 6.74. The minimum absolute atomic E-state index is 0.0442. The van der Waals surface area contributed by atoms with Crippen molar-refractivity contribution in [3.8, 4) is 11.1 Å². The van der Waals surface area contributed by atoms with Crippen LogP contribution in [0.15, 0.2) is 42.3 Å². The number of rotatable bonds is 0. The normalized spacial score (nSPS) is 21.2. The summed E-state index contributed by atoms with van der Waals surface area (Å²) in [5.74, 6) is 0. The summed E-state index contributed by atoms with van der Waals surface area (Å²) < 4.78 is 58.5. The molecule has 0 atom stereocenters. The van der Waals surface area contributed by atoms with E-state index in [9.17, 15) is 0 Å². The van der Waals surface area contributed by atoms with E-state index in [1.54, 1.807) is 0 Å². The standard InChI is InChI=1S/C19H22/c1-18(2,3)13-10-11-15-14-8-6-7-9-16(14)19(4,5)17(15)12-13/h6-12H,1-5H3/i6D,7D,8D,9D,10D,11D,12D. The Bertz CT molecular complexity index is 966. The molecule has 0 saturated heterocycles. The maximum absolute atomic E-state index is 8.78. The van der Waals surface area contributed by atoms with Crippen molar-refractivity contribution >= 4 is 0 Å². The van der Waals surface area contributed by atoms with Gasteiger partial charge < -0.3 is 0 Å². The van der Waals surface area contributed by atoms with Crippen LogP contribution in [0.5, 0.6) is 0 Å². The van der Waals surface area contributed by atoms with E-state index < -0.39 is 10.8 Å². The molecule has 0 aliphatic heterocycles. The average molecular weight is 257 g/mol. The second-order valence-electron chi connectivity index (χ2n) is 6.62. The highest BCUT2D eigenvalue weighted by molar-refractivity contribution is 5.80. The highest BCUT2D eigenvalue weighted by Gasteiger charge is 2.35. The van der Waals surface area contributed by atoms with Crippen molar-refractivity contribution in [1.82, 2.24) is 0 Å². The largest absolute Gasteiger partial charge is 0.0629 e. The van der Waals surface area contributed by atoms with Gasteiger partial charge in [-0.2, -0.15) is 0 Å². The zero-order valence-electron chi connectivity index (χ0n) is 19.0. The van der Waals surface area contributed by atoms with E-state index in [1.807, 2.05) is 34.6 Å². The molecule has 1 aliphatic carbocycles. The molecule has 3 rings (SSSR count). The molecule has 2 aromatic rings. The van der Waals surface area contributed by atoms with Gasteiger partial charge in [0.1, 0.15) is 0 Å². The molecule has 0 bridgehead atoms. The van der Waals surface area contributed by atoms with Crippen LogP contribution in [0.4, 0.5) is 0 Å². The summed E-state index contributed by atoms with van der Waals surface area (Å²) in [6, 6.07) is -0.959. The van der Waals surface area contributed by atoms with Crippen LogP contribution in [-0.2, 0) is 10.8 Å². The minimum Gasteiger partial charge on any atom is -0.0619 e. The molecule has 0 heteroatoms. The molecule has 0 saturated carbocycles. The van der Waals surface area contributed by atoms with Gasteiger partial charge in [-0.15, -0.1) is 0 Å². The van der Waals surface area contributed by atoms with Crippen molar-refractivity contribution in [3.63, 3.8) is 0 Å². The Labute approximate surface area is 126 Å². The van der Waals surface area contributed by atoms with Crippen molar-refractivity contribution in [2.75, 3.05) is 0 Å². The predicted octanol–water partition coefficient (Wildman–Crippen LogP) is 5.29. The van der Waals surface area contributed by atoms with Gasteiger partial charge in [0.2, 0.25) is 0 Å². The highest BCUT2D eigenvalue weighted by Crippen LogP contribution is 2.49. The zero-order chi connectivity index (χ0) is 19.9. The molecule has 0 heterocycles. The summed E-state index contributed by atoms with van der Waals surface area (Å²) >= 11 is 0. The first-order valence-corrected chi connectivity index (χ1v) is 6.50. The van der Waals surface area contributed by atoms with Gasteiger partial charge in [0.15, 0.2) is 0 Å². The Kier molecular flexibility index (Phi) is 1.32. The Balaban J connectivity index is 2.61. The van der Waals surface area contributed by atoms with E-state index in [-0.39, 0.29) is 47.9 Å². The van der Waals surface area contributed by atoms with E-state index >= 15 is 0 Å². The lowest BCUT2D eigenvalue weighted by Crippen LogP contribution is -2.17. The summed E-state index contributed by atoms with van der Waals surface area (Å²) in [5.41, 5.74) is 0.623. The third-order valence-electron chi connectivity index (χ3n) is 3.75. The Morgan fingerprint density at radius 1 is 0.895 bits per heavy atom. The van der Waals surface area contributed by atoms with Gasteiger partial charge in [-0.25, -0.2) is 0 Å². The molecule has 0 amide bonds. The van der Waals surface area contributed by atoms with Crippen LogP contribution in [0.3, 0.4) is 0 Å². The fourth-order valence-corrected chi connectivity index (χ4v) is 2.53. The van der Waals surface area contributed by atoms with Gasteiger partial charge in [0.05, 0.1) is 9.60 Å². The zero-order valence-corrected chi connectivity index (χ0v) is 12.0. The number of fused-ring (bicyclic) bond motifs is 3. The first-order valence-electron chi connectivity index (χ1n) is 10.0. The third-order valence-corrected chi connectivity index (χ3v) is 3.75. The molecule has 0 fully saturated rings. The topological polar surface area (TPSA) is 0 Å². The maximum atomic E-state index is 8.78. The monoisotopic (exact) mass is 257 g/mol. The summed E-state index contributed by atoms with van der Waals surface area (Å²) in [7, 11) is 0. The smallest absolute Gasteiger partial charge is 0.0619 e. The molecular weight excluding hydrogens is 228 g/mol. The first-order chi connectivity index (χ1) is 11.7. The van der Waals surface area contributed by atoms with Crippen LogP contribution in [0.1, 0.15) is 60.9 Å². The van der Waals surface area contributed by atoms with Gasteiger partial charge >= 0.3 is 0 Å². The van der Waals surface area contributed by atoms with Gasteiger partial charge in [-0.3, -0.25) is 0 Å². The molecule has 0 unspecified atom stereocenters. The molecule has 0 N–H and O–H groups in total. The van der Waals surface area contributed by atoms with E-state index in [0.717, 1.165) is 0 Å². The molecule has 19 heavy (non-hydrogen) atoms. The van der Waals surface area contributed by atoms with Crippen LogP contribution in [-0.4, -0.2) is 0 Å². The Hall–Kier alpha value is -1.56. The molecule has 0 aromatic heterocycles. The van der Waals surface area contributed by atoms with Crippen molar-refractivity contribution in [3.05, 3.63) is 59.0 Å². The SMILES string of the molecule is [2H]c1c([2H])c([2H])c2c(c1[2H])-c1c([2H])c([2H])c(C(C)(C)C)c([2H])c1C2(C)C. The van der Waals surface area contributed by atoms with Crippen LogP contribution in [0.2, 0.25) is 0 Å². The lowest BCUT2D eigenvalue weighted by Gasteiger charge is -2.25. The van der Waals surface area contributed by atoms with Crippen LogP contribution in [0.25, 0.3) is 11.1 Å². The van der Waals surface area contributed by atoms with E-state index in [1.165, 1.54) is 0 Å². The lowest BCUT2D eigenvalue weighted by molar-refractivity contribution is 0.584. The highest BCUT2D eigenvalue weighted by atomic mass is 14.4. The fourth-order valence-electron chi connectivity index (χ4n) is 2.53. The molecule has 0 spiro atoms. The second kappa shape index (κ2) is 3.72. The van der Waals surface area contributed by atoms with E-state index in [4.69, 9.17) is 9.60 Å². The van der Waals surface area contributed by atoms with Gasteiger partial charge in [-0.05, 0) is 33.2 Å². The maximum Gasteiger partial charge on any atom is 0.0629 e. The van der Waals surface area contributed by atoms with Gasteiger partial charge in [0.25, 0.3) is 0 Å². The van der Waals surface area contributed by atoms with Crippen LogP contribution >= 0.6 is 0 Å². The minimum atomic E-state index is -0.846. The van der Waals surface area contributed by atoms with Crippen LogP contribution < -0.4 is 0 Å². The van der Waals surface area contributed by atoms with Crippen molar-refractivity contribution in [2.24, 2.45) is 0 Å². The van der Waals surface area contributed by atoms with Gasteiger partial charge in [0, 0.05) is 5.41 Å².